The highest BCUT2D eigenvalue weighted by atomic mass is 16.5. The molecule has 4 bridgehead atoms. The van der Waals surface area contributed by atoms with Crippen molar-refractivity contribution in [3.63, 3.8) is 0 Å². The molecule has 2 unspecified atom stereocenters. The summed E-state index contributed by atoms with van der Waals surface area (Å²) in [6.07, 6.45) is 7.16. The third-order valence-corrected chi connectivity index (χ3v) is 6.79. The predicted molar refractivity (Wildman–Crippen MR) is 90.5 cm³/mol. The molecular weight excluding hydrogens is 336 g/mol. The van der Waals surface area contributed by atoms with Crippen molar-refractivity contribution < 1.29 is 19.4 Å². The molecular formula is C18H26N4O4. The van der Waals surface area contributed by atoms with Crippen molar-refractivity contribution in [3.05, 3.63) is 11.9 Å². The van der Waals surface area contributed by atoms with Crippen molar-refractivity contribution in [1.29, 1.82) is 0 Å². The van der Waals surface area contributed by atoms with Gasteiger partial charge in [0, 0.05) is 12.6 Å². The van der Waals surface area contributed by atoms with E-state index in [0.717, 1.165) is 25.7 Å². The number of methoxy groups -OCH3 is 1. The van der Waals surface area contributed by atoms with Crippen LogP contribution < -0.4 is 5.32 Å². The zero-order valence-corrected chi connectivity index (χ0v) is 15.1. The number of rotatable bonds is 4. The lowest BCUT2D eigenvalue weighted by molar-refractivity contribution is -0.139. The Hall–Kier alpha value is -1.51. The summed E-state index contributed by atoms with van der Waals surface area (Å²) in [4.78, 5) is 12.8. The van der Waals surface area contributed by atoms with Crippen molar-refractivity contribution in [2.24, 2.45) is 11.8 Å². The van der Waals surface area contributed by atoms with Gasteiger partial charge in [-0.3, -0.25) is 4.79 Å². The molecule has 2 heterocycles. The minimum Gasteiger partial charge on any atom is -0.390 e. The maximum atomic E-state index is 12.8. The molecule has 0 spiro atoms. The summed E-state index contributed by atoms with van der Waals surface area (Å²) in [6.45, 7) is 1.02. The fraction of sp³-hybridized carbons (Fsp3) is 0.833. The Morgan fingerprint density at radius 3 is 2.81 bits per heavy atom. The van der Waals surface area contributed by atoms with Crippen LogP contribution in [0.5, 0.6) is 0 Å². The van der Waals surface area contributed by atoms with Gasteiger partial charge >= 0.3 is 0 Å². The number of aliphatic hydroxyl groups is 1. The summed E-state index contributed by atoms with van der Waals surface area (Å²) in [5, 5.41) is 22.3. The highest BCUT2D eigenvalue weighted by molar-refractivity contribution is 5.92. The summed E-state index contributed by atoms with van der Waals surface area (Å²) in [5.41, 5.74) is -0.568. The molecule has 6 rings (SSSR count). The lowest BCUT2D eigenvalue weighted by atomic mass is 9.51. The monoisotopic (exact) mass is 362 g/mol. The van der Waals surface area contributed by atoms with Crippen LogP contribution in [-0.2, 0) is 9.47 Å². The van der Waals surface area contributed by atoms with E-state index in [1.165, 1.54) is 6.42 Å². The molecule has 4 atom stereocenters. The average molecular weight is 362 g/mol. The minimum atomic E-state index is -0.595. The van der Waals surface area contributed by atoms with Gasteiger partial charge in [-0.05, 0) is 50.4 Å². The van der Waals surface area contributed by atoms with E-state index in [-0.39, 0.29) is 23.6 Å². The van der Waals surface area contributed by atoms with E-state index in [9.17, 15) is 9.90 Å². The van der Waals surface area contributed by atoms with E-state index in [1.54, 1.807) is 18.0 Å². The molecule has 8 heteroatoms. The number of ether oxygens (including phenoxy) is 2. The Labute approximate surface area is 152 Å². The van der Waals surface area contributed by atoms with E-state index in [0.29, 0.717) is 37.2 Å². The highest BCUT2D eigenvalue weighted by Gasteiger charge is 2.57. The molecule has 0 radical (unpaired) electrons. The van der Waals surface area contributed by atoms with E-state index in [1.807, 2.05) is 0 Å². The molecule has 1 saturated heterocycles. The number of carbonyl (C=O) groups excluding carboxylic acids is 1. The lowest BCUT2D eigenvalue weighted by Crippen LogP contribution is -2.65. The standard InChI is InChI=1S/C18H26N4O4/c1-25-15-9-26-8-14(15)22-7-13(20-21-22)16(23)19-17-3-11-2-12(4-17)6-18(24,5-11)10-17/h7,11-12,14-15,24H,2-6,8-10H2,1H3,(H,19,23)/t11?,12?,14-,15-,17?,18?/m1/s1. The summed E-state index contributed by atoms with van der Waals surface area (Å²) < 4.78 is 12.5. The van der Waals surface area contributed by atoms with Gasteiger partial charge in [-0.2, -0.15) is 0 Å². The first-order chi connectivity index (χ1) is 12.5. The number of nitrogens with one attached hydrogen (secondary N) is 1. The molecule has 1 aromatic heterocycles. The summed E-state index contributed by atoms with van der Waals surface area (Å²) in [5.74, 6) is 0.848. The van der Waals surface area contributed by atoms with Crippen LogP contribution in [0, 0.1) is 11.8 Å². The number of carbonyl (C=O) groups is 1. The molecule has 0 aromatic carbocycles. The molecule has 2 N–H and O–H groups in total. The second kappa shape index (κ2) is 5.74. The quantitative estimate of drug-likeness (QED) is 0.817. The largest absolute Gasteiger partial charge is 0.390 e. The number of hydrogen-bond donors (Lipinski definition) is 2. The van der Waals surface area contributed by atoms with E-state index < -0.39 is 5.60 Å². The van der Waals surface area contributed by atoms with Crippen molar-refractivity contribution in [3.8, 4) is 0 Å². The van der Waals surface area contributed by atoms with Crippen LogP contribution in [0.1, 0.15) is 55.1 Å². The molecule has 1 aromatic rings. The summed E-state index contributed by atoms with van der Waals surface area (Å²) in [6, 6.07) is -0.0608. The average Bonchev–Trinajstić information content (AvgIpc) is 3.20. The molecule has 8 nitrogen and oxygen atoms in total. The second-order valence-corrected chi connectivity index (χ2v) is 8.88. The Morgan fingerprint density at radius 2 is 2.12 bits per heavy atom. The van der Waals surface area contributed by atoms with Crippen LogP contribution in [0.15, 0.2) is 6.20 Å². The summed E-state index contributed by atoms with van der Waals surface area (Å²) >= 11 is 0. The normalized spacial score (nSPS) is 43.8. The van der Waals surface area contributed by atoms with Gasteiger partial charge < -0.3 is 19.9 Å². The Morgan fingerprint density at radius 1 is 1.35 bits per heavy atom. The molecule has 4 saturated carbocycles. The molecule has 1 amide bonds. The van der Waals surface area contributed by atoms with Crippen LogP contribution in [0.25, 0.3) is 0 Å². The van der Waals surface area contributed by atoms with Crippen LogP contribution in [0.4, 0.5) is 0 Å². The van der Waals surface area contributed by atoms with Crippen LogP contribution >= 0.6 is 0 Å². The zero-order valence-electron chi connectivity index (χ0n) is 15.1. The first-order valence-corrected chi connectivity index (χ1v) is 9.55. The van der Waals surface area contributed by atoms with Gasteiger partial charge in [0.1, 0.15) is 12.1 Å². The van der Waals surface area contributed by atoms with E-state index >= 15 is 0 Å². The van der Waals surface area contributed by atoms with Crippen molar-refractivity contribution in [2.75, 3.05) is 20.3 Å². The zero-order chi connectivity index (χ0) is 17.9. The minimum absolute atomic E-state index is 0.0608. The fourth-order valence-electron chi connectivity index (χ4n) is 6.20. The maximum absolute atomic E-state index is 12.8. The van der Waals surface area contributed by atoms with Gasteiger partial charge in [0.25, 0.3) is 5.91 Å². The Bertz CT molecular complexity index is 706. The smallest absolute Gasteiger partial charge is 0.273 e. The second-order valence-electron chi connectivity index (χ2n) is 8.88. The van der Waals surface area contributed by atoms with Crippen LogP contribution in [-0.4, -0.2) is 63.6 Å². The van der Waals surface area contributed by atoms with Gasteiger partial charge in [0.05, 0.1) is 25.0 Å². The Kier molecular flexibility index (Phi) is 3.68. The Balaban J connectivity index is 1.32. The first kappa shape index (κ1) is 16.6. The van der Waals surface area contributed by atoms with E-state index in [4.69, 9.17) is 9.47 Å². The predicted octanol–water partition coefficient (Wildman–Crippen LogP) is 0.678. The van der Waals surface area contributed by atoms with Crippen LogP contribution in [0.2, 0.25) is 0 Å². The number of nitrogens with zero attached hydrogens (tertiary/aromatic N) is 3. The SMILES string of the molecule is CO[C@@H]1COC[C@H]1n1cc(C(=O)NC23CC4CC(CC(O)(C4)C2)C3)nn1. The number of amides is 1. The van der Waals surface area contributed by atoms with Crippen molar-refractivity contribution in [2.45, 2.75) is 61.8 Å². The molecule has 5 fully saturated rings. The highest BCUT2D eigenvalue weighted by Crippen LogP contribution is 2.57. The fourth-order valence-corrected chi connectivity index (χ4v) is 6.20. The summed E-state index contributed by atoms with van der Waals surface area (Å²) in [7, 11) is 1.65. The number of aromatic nitrogens is 3. The molecule has 1 aliphatic heterocycles. The third kappa shape index (κ3) is 2.66. The molecule has 4 aliphatic carbocycles. The van der Waals surface area contributed by atoms with Gasteiger partial charge in [-0.15, -0.1) is 5.10 Å². The van der Waals surface area contributed by atoms with Gasteiger partial charge in [0.2, 0.25) is 0 Å². The lowest BCUT2D eigenvalue weighted by Gasteiger charge is -2.60. The van der Waals surface area contributed by atoms with Crippen molar-refractivity contribution >= 4 is 5.91 Å². The van der Waals surface area contributed by atoms with Crippen molar-refractivity contribution in [1.82, 2.24) is 20.3 Å². The van der Waals surface area contributed by atoms with E-state index in [2.05, 4.69) is 15.6 Å². The molecule has 26 heavy (non-hydrogen) atoms. The number of hydrogen-bond acceptors (Lipinski definition) is 6. The first-order valence-electron chi connectivity index (χ1n) is 9.55. The third-order valence-electron chi connectivity index (χ3n) is 6.79. The van der Waals surface area contributed by atoms with Crippen LogP contribution in [0.3, 0.4) is 0 Å². The van der Waals surface area contributed by atoms with Gasteiger partial charge in [-0.1, -0.05) is 5.21 Å². The van der Waals surface area contributed by atoms with Gasteiger partial charge in [0.15, 0.2) is 5.69 Å². The molecule has 5 aliphatic rings. The topological polar surface area (TPSA) is 98.5 Å². The molecule has 142 valence electrons. The maximum Gasteiger partial charge on any atom is 0.273 e. The van der Waals surface area contributed by atoms with Gasteiger partial charge in [-0.25, -0.2) is 4.68 Å².